The van der Waals surface area contributed by atoms with Gasteiger partial charge in [-0.25, -0.2) is 4.98 Å². The second-order valence-electron chi connectivity index (χ2n) is 5.39. The van der Waals surface area contributed by atoms with Gasteiger partial charge in [0.1, 0.15) is 18.1 Å². The van der Waals surface area contributed by atoms with Crippen molar-refractivity contribution < 1.29 is 9.53 Å². The van der Waals surface area contributed by atoms with Crippen LogP contribution in [0.4, 0.5) is 0 Å². The molecule has 0 N–H and O–H groups in total. The molecular weight excluding hydrogens is 280 g/mol. The lowest BCUT2D eigenvalue weighted by molar-refractivity contribution is -0.130. The molecule has 1 aromatic heterocycles. The molecule has 1 amide bonds. The van der Waals surface area contributed by atoms with Gasteiger partial charge in [0, 0.05) is 19.2 Å². The molecule has 0 aliphatic carbocycles. The van der Waals surface area contributed by atoms with Gasteiger partial charge in [-0.1, -0.05) is 0 Å². The van der Waals surface area contributed by atoms with Crippen LogP contribution in [0.25, 0.3) is 11.0 Å². The second-order valence-corrected chi connectivity index (χ2v) is 5.39. The number of nitriles is 1. The molecule has 0 spiro atoms. The van der Waals surface area contributed by atoms with Crippen LogP contribution in [-0.4, -0.2) is 40.6 Å². The predicted octanol–water partition coefficient (Wildman–Crippen LogP) is 1.73. The third-order valence-corrected chi connectivity index (χ3v) is 4.02. The third kappa shape index (κ3) is 2.62. The lowest BCUT2D eigenvalue weighted by Gasteiger charge is -2.16. The number of likely N-dealkylation sites (tertiary alicyclic amines) is 1. The molecule has 3 rings (SSSR count). The van der Waals surface area contributed by atoms with Gasteiger partial charge in [0.2, 0.25) is 5.91 Å². The number of imidazole rings is 1. The minimum Gasteiger partial charge on any atom is -0.497 e. The van der Waals surface area contributed by atoms with E-state index in [4.69, 9.17) is 10.00 Å². The summed E-state index contributed by atoms with van der Waals surface area (Å²) in [5.74, 6) is 1.43. The molecule has 6 heteroatoms. The lowest BCUT2D eigenvalue weighted by atomic mass is 10.3. The maximum atomic E-state index is 12.4. The maximum absolute atomic E-state index is 12.4. The molecule has 22 heavy (non-hydrogen) atoms. The van der Waals surface area contributed by atoms with Gasteiger partial charge in [-0.3, -0.25) is 4.79 Å². The molecule has 1 aliphatic heterocycles. The molecule has 1 fully saturated rings. The molecule has 2 heterocycles. The molecule has 0 radical (unpaired) electrons. The number of hydrogen-bond acceptors (Lipinski definition) is 4. The molecule has 6 nitrogen and oxygen atoms in total. The van der Waals surface area contributed by atoms with Crippen LogP contribution in [0.1, 0.15) is 18.7 Å². The van der Waals surface area contributed by atoms with E-state index < -0.39 is 0 Å². The average molecular weight is 298 g/mol. The van der Waals surface area contributed by atoms with Crippen molar-refractivity contribution in [2.45, 2.75) is 25.8 Å². The number of fused-ring (bicyclic) bond motifs is 1. The molecule has 1 aromatic carbocycles. The van der Waals surface area contributed by atoms with Crippen LogP contribution in [0.15, 0.2) is 18.2 Å². The van der Waals surface area contributed by atoms with Gasteiger partial charge < -0.3 is 14.2 Å². The Morgan fingerprint density at radius 1 is 1.41 bits per heavy atom. The first-order valence-corrected chi connectivity index (χ1v) is 7.41. The highest BCUT2D eigenvalue weighted by atomic mass is 16.5. The summed E-state index contributed by atoms with van der Waals surface area (Å²) in [6, 6.07) is 7.68. The fraction of sp³-hybridized carbons (Fsp3) is 0.438. The van der Waals surface area contributed by atoms with E-state index in [0.29, 0.717) is 11.6 Å². The van der Waals surface area contributed by atoms with Gasteiger partial charge in [0.15, 0.2) is 0 Å². The Labute approximate surface area is 128 Å². The number of aromatic nitrogens is 2. The third-order valence-electron chi connectivity index (χ3n) is 4.02. The molecule has 0 saturated carbocycles. The highest BCUT2D eigenvalue weighted by Gasteiger charge is 2.20. The minimum atomic E-state index is 0.0896. The Kier molecular flexibility index (Phi) is 3.96. The van der Waals surface area contributed by atoms with E-state index in [1.165, 1.54) is 0 Å². The first-order chi connectivity index (χ1) is 10.7. The first-order valence-electron chi connectivity index (χ1n) is 7.41. The quantitative estimate of drug-likeness (QED) is 0.862. The topological polar surface area (TPSA) is 71.1 Å². The fourth-order valence-corrected chi connectivity index (χ4v) is 2.87. The number of benzene rings is 1. The normalized spacial score (nSPS) is 14.3. The highest BCUT2D eigenvalue weighted by molar-refractivity contribution is 5.82. The molecule has 0 bridgehead atoms. The Morgan fingerprint density at radius 3 is 2.86 bits per heavy atom. The summed E-state index contributed by atoms with van der Waals surface area (Å²) in [4.78, 5) is 18.8. The van der Waals surface area contributed by atoms with Crippen molar-refractivity contribution in [1.29, 1.82) is 5.26 Å². The van der Waals surface area contributed by atoms with Crippen LogP contribution in [0.5, 0.6) is 5.75 Å². The van der Waals surface area contributed by atoms with E-state index in [1.807, 2.05) is 27.7 Å². The Bertz CT molecular complexity index is 738. The van der Waals surface area contributed by atoms with Crippen molar-refractivity contribution in [3.05, 3.63) is 24.0 Å². The summed E-state index contributed by atoms with van der Waals surface area (Å²) >= 11 is 0. The zero-order valence-corrected chi connectivity index (χ0v) is 12.6. The predicted molar refractivity (Wildman–Crippen MR) is 81.4 cm³/mol. The number of methoxy groups -OCH3 is 1. The highest BCUT2D eigenvalue weighted by Crippen LogP contribution is 2.22. The van der Waals surface area contributed by atoms with Crippen molar-refractivity contribution >= 4 is 16.9 Å². The molecule has 1 saturated heterocycles. The number of amides is 1. The van der Waals surface area contributed by atoms with Gasteiger partial charge in [-0.15, -0.1) is 0 Å². The van der Waals surface area contributed by atoms with E-state index in [0.717, 1.165) is 37.0 Å². The largest absolute Gasteiger partial charge is 0.497 e. The monoisotopic (exact) mass is 298 g/mol. The van der Waals surface area contributed by atoms with Crippen LogP contribution in [-0.2, 0) is 17.8 Å². The number of carbonyl (C=O) groups excluding carboxylic acids is 1. The molecule has 0 atom stereocenters. The van der Waals surface area contributed by atoms with Crippen molar-refractivity contribution in [1.82, 2.24) is 14.5 Å². The summed E-state index contributed by atoms with van der Waals surface area (Å²) < 4.78 is 7.05. The number of nitrogens with zero attached hydrogens (tertiary/aromatic N) is 4. The van der Waals surface area contributed by atoms with E-state index >= 15 is 0 Å². The Morgan fingerprint density at radius 2 is 2.18 bits per heavy atom. The van der Waals surface area contributed by atoms with Crippen molar-refractivity contribution in [2.24, 2.45) is 0 Å². The zero-order chi connectivity index (χ0) is 15.5. The number of rotatable bonds is 4. The summed E-state index contributed by atoms with van der Waals surface area (Å²) in [6.07, 6.45) is 2.32. The smallest absolute Gasteiger partial charge is 0.242 e. The van der Waals surface area contributed by atoms with Gasteiger partial charge >= 0.3 is 0 Å². The van der Waals surface area contributed by atoms with Crippen LogP contribution in [0.3, 0.4) is 0 Å². The average Bonchev–Trinajstić information content (AvgIpc) is 3.16. The van der Waals surface area contributed by atoms with Gasteiger partial charge in [-0.2, -0.15) is 5.26 Å². The maximum Gasteiger partial charge on any atom is 0.242 e. The minimum absolute atomic E-state index is 0.0896. The van der Waals surface area contributed by atoms with Crippen LogP contribution < -0.4 is 4.74 Å². The van der Waals surface area contributed by atoms with Crippen molar-refractivity contribution in [2.75, 3.05) is 20.2 Å². The van der Waals surface area contributed by atoms with E-state index in [9.17, 15) is 4.79 Å². The van der Waals surface area contributed by atoms with E-state index in [1.54, 1.807) is 7.11 Å². The van der Waals surface area contributed by atoms with Gasteiger partial charge in [0.25, 0.3) is 0 Å². The van der Waals surface area contributed by atoms with E-state index in [-0.39, 0.29) is 18.9 Å². The summed E-state index contributed by atoms with van der Waals surface area (Å²) in [5, 5.41) is 8.99. The van der Waals surface area contributed by atoms with Gasteiger partial charge in [0.05, 0.1) is 30.6 Å². The Hall–Kier alpha value is -2.55. The molecule has 1 aliphatic rings. The molecule has 2 aromatic rings. The summed E-state index contributed by atoms with van der Waals surface area (Å²) in [7, 11) is 1.60. The van der Waals surface area contributed by atoms with Crippen LogP contribution in [0, 0.1) is 11.3 Å². The summed E-state index contributed by atoms with van der Waals surface area (Å²) in [5.41, 5.74) is 1.61. The first kappa shape index (κ1) is 14.4. The van der Waals surface area contributed by atoms with Crippen LogP contribution >= 0.6 is 0 Å². The Balaban J connectivity index is 1.96. The van der Waals surface area contributed by atoms with Gasteiger partial charge in [-0.05, 0) is 25.0 Å². The standard InChI is InChI=1S/C16H18N4O2/c1-22-12-4-5-14-13(10-12)18-15(6-7-17)20(14)11-16(21)19-8-2-3-9-19/h4-5,10H,2-3,6,8-9,11H2,1H3. The molecular formula is C16H18N4O2. The number of ether oxygens (including phenoxy) is 1. The zero-order valence-electron chi connectivity index (χ0n) is 12.6. The summed E-state index contributed by atoms with van der Waals surface area (Å²) in [6.45, 7) is 1.89. The number of carbonyl (C=O) groups is 1. The lowest BCUT2D eigenvalue weighted by Crippen LogP contribution is -2.31. The van der Waals surface area contributed by atoms with Crippen molar-refractivity contribution in [3.63, 3.8) is 0 Å². The SMILES string of the molecule is COc1ccc2c(c1)nc(CC#N)n2CC(=O)N1CCCC1. The second kappa shape index (κ2) is 6.06. The number of hydrogen-bond donors (Lipinski definition) is 0. The molecule has 114 valence electrons. The van der Waals surface area contributed by atoms with Crippen molar-refractivity contribution in [3.8, 4) is 11.8 Å². The fourth-order valence-electron chi connectivity index (χ4n) is 2.87. The molecule has 0 unspecified atom stereocenters. The van der Waals surface area contributed by atoms with Crippen LogP contribution in [0.2, 0.25) is 0 Å². The van der Waals surface area contributed by atoms with E-state index in [2.05, 4.69) is 11.1 Å².